The van der Waals surface area contributed by atoms with Crippen LogP contribution in [0.3, 0.4) is 0 Å². The third-order valence-electron chi connectivity index (χ3n) is 5.03. The van der Waals surface area contributed by atoms with Gasteiger partial charge >= 0.3 is 0 Å². The first-order valence-corrected chi connectivity index (χ1v) is 9.66. The van der Waals surface area contributed by atoms with Crippen LogP contribution >= 0.6 is 11.6 Å². The highest BCUT2D eigenvalue weighted by Crippen LogP contribution is 2.28. The zero-order valence-corrected chi connectivity index (χ0v) is 16.3. The first kappa shape index (κ1) is 19.0. The minimum absolute atomic E-state index is 0.226. The smallest absolute Gasteiger partial charge is 0.253 e. The first-order chi connectivity index (χ1) is 14.0. The van der Waals surface area contributed by atoms with Crippen LogP contribution in [0.2, 0.25) is 5.02 Å². The van der Waals surface area contributed by atoms with E-state index in [1.807, 2.05) is 66.7 Å². The third-order valence-corrected chi connectivity index (χ3v) is 5.40. The van der Waals surface area contributed by atoms with Gasteiger partial charge in [-0.1, -0.05) is 78.3 Å². The molecule has 0 radical (unpaired) electrons. The topological polar surface area (TPSA) is 72.2 Å². The van der Waals surface area contributed by atoms with Gasteiger partial charge in [-0.2, -0.15) is 0 Å². The molecule has 4 nitrogen and oxygen atoms in total. The fraction of sp³-hybridized carbons (Fsp3) is 0.0833. The van der Waals surface area contributed by atoms with Crippen LogP contribution in [0.15, 0.2) is 78.9 Å². The van der Waals surface area contributed by atoms with Crippen LogP contribution < -0.4 is 11.1 Å². The predicted molar refractivity (Wildman–Crippen MR) is 117 cm³/mol. The van der Waals surface area contributed by atoms with E-state index < -0.39 is 11.9 Å². The van der Waals surface area contributed by atoms with Gasteiger partial charge in [0.25, 0.3) is 5.91 Å². The summed E-state index contributed by atoms with van der Waals surface area (Å²) in [6.07, 6.45) is 0.226. The van der Waals surface area contributed by atoms with Crippen molar-refractivity contribution in [3.05, 3.63) is 95.0 Å². The van der Waals surface area contributed by atoms with Gasteiger partial charge in [0, 0.05) is 11.4 Å². The molecule has 0 aliphatic heterocycles. The SMILES string of the molecule is NC(=O)[C@H](Cc1ccccc1Cl)NC(=O)c1c2ccccc2cc2ccccc12. The van der Waals surface area contributed by atoms with Crippen LogP contribution in [0, 0.1) is 0 Å². The fourth-order valence-electron chi connectivity index (χ4n) is 3.60. The molecule has 0 bridgehead atoms. The van der Waals surface area contributed by atoms with E-state index in [0.29, 0.717) is 10.6 Å². The molecule has 0 spiro atoms. The molecule has 0 unspecified atom stereocenters. The molecule has 4 aromatic rings. The molecular weight excluding hydrogens is 384 g/mol. The number of nitrogens with two attached hydrogens (primary N) is 1. The van der Waals surface area contributed by atoms with Crippen molar-refractivity contribution in [3.63, 3.8) is 0 Å². The molecule has 0 aliphatic rings. The van der Waals surface area contributed by atoms with Gasteiger partial charge in [0.2, 0.25) is 5.91 Å². The Morgan fingerprint density at radius 3 is 2.00 bits per heavy atom. The number of carbonyl (C=O) groups excluding carboxylic acids is 2. The maximum atomic E-state index is 13.3. The van der Waals surface area contributed by atoms with Crippen molar-refractivity contribution in [1.29, 1.82) is 0 Å². The lowest BCUT2D eigenvalue weighted by Gasteiger charge is -2.18. The summed E-state index contributed by atoms with van der Waals surface area (Å²) in [6, 6.07) is 23.8. The van der Waals surface area contributed by atoms with E-state index in [1.165, 1.54) is 0 Å². The first-order valence-electron chi connectivity index (χ1n) is 9.28. The van der Waals surface area contributed by atoms with Crippen molar-refractivity contribution < 1.29 is 9.59 Å². The predicted octanol–water partition coefficient (Wildman–Crippen LogP) is 4.47. The Balaban J connectivity index is 1.75. The van der Waals surface area contributed by atoms with Gasteiger partial charge in [0.15, 0.2) is 0 Å². The molecule has 0 heterocycles. The van der Waals surface area contributed by atoms with Gasteiger partial charge in [0.1, 0.15) is 6.04 Å². The molecule has 0 aliphatic carbocycles. The molecule has 1 atom stereocenters. The molecule has 4 rings (SSSR count). The molecule has 0 saturated heterocycles. The lowest BCUT2D eigenvalue weighted by atomic mass is 9.95. The van der Waals surface area contributed by atoms with Crippen LogP contribution in [-0.4, -0.2) is 17.9 Å². The summed E-state index contributed by atoms with van der Waals surface area (Å²) < 4.78 is 0. The summed E-state index contributed by atoms with van der Waals surface area (Å²) in [5.41, 5.74) is 6.87. The van der Waals surface area contributed by atoms with E-state index in [-0.39, 0.29) is 12.3 Å². The highest BCUT2D eigenvalue weighted by Gasteiger charge is 2.23. The Kier molecular flexibility index (Phi) is 5.19. The Morgan fingerprint density at radius 1 is 0.862 bits per heavy atom. The molecule has 4 aromatic carbocycles. The second kappa shape index (κ2) is 7.94. The molecule has 29 heavy (non-hydrogen) atoms. The number of carbonyl (C=O) groups is 2. The van der Waals surface area contributed by atoms with Crippen molar-refractivity contribution in [1.82, 2.24) is 5.32 Å². The normalized spacial score (nSPS) is 12.0. The number of hydrogen-bond donors (Lipinski definition) is 2. The zero-order valence-electron chi connectivity index (χ0n) is 15.6. The molecule has 3 N–H and O–H groups in total. The van der Waals surface area contributed by atoms with Crippen molar-refractivity contribution >= 4 is 45.0 Å². The van der Waals surface area contributed by atoms with Crippen molar-refractivity contribution in [2.45, 2.75) is 12.5 Å². The van der Waals surface area contributed by atoms with Crippen LogP contribution in [0.25, 0.3) is 21.5 Å². The molecule has 2 amide bonds. The van der Waals surface area contributed by atoms with E-state index in [0.717, 1.165) is 27.1 Å². The summed E-state index contributed by atoms with van der Waals surface area (Å²) in [5.74, 6) is -0.948. The van der Waals surface area contributed by atoms with Crippen LogP contribution in [0.1, 0.15) is 15.9 Å². The Morgan fingerprint density at radius 2 is 1.41 bits per heavy atom. The molecule has 0 aromatic heterocycles. The summed E-state index contributed by atoms with van der Waals surface area (Å²) in [7, 11) is 0. The Hall–Kier alpha value is -3.37. The maximum absolute atomic E-state index is 13.3. The van der Waals surface area contributed by atoms with Gasteiger partial charge in [-0.3, -0.25) is 9.59 Å². The Bertz CT molecular complexity index is 1180. The highest BCUT2D eigenvalue weighted by atomic mass is 35.5. The molecule has 5 heteroatoms. The average Bonchev–Trinajstić information content (AvgIpc) is 2.72. The second-order valence-corrected chi connectivity index (χ2v) is 7.32. The maximum Gasteiger partial charge on any atom is 0.253 e. The van der Waals surface area contributed by atoms with E-state index in [4.69, 9.17) is 17.3 Å². The summed E-state index contributed by atoms with van der Waals surface area (Å²) in [5, 5.41) is 6.91. The number of hydrogen-bond acceptors (Lipinski definition) is 2. The van der Waals surface area contributed by atoms with Gasteiger partial charge in [-0.05, 0) is 39.2 Å². The zero-order chi connectivity index (χ0) is 20.4. The third kappa shape index (κ3) is 3.80. The molecular formula is C24H19ClN2O2. The summed E-state index contributed by atoms with van der Waals surface area (Å²) >= 11 is 6.22. The second-order valence-electron chi connectivity index (χ2n) is 6.92. The van der Waals surface area contributed by atoms with Crippen LogP contribution in [-0.2, 0) is 11.2 Å². The number of nitrogens with one attached hydrogen (secondary N) is 1. The standard InChI is InChI=1S/C24H19ClN2O2/c25-20-12-6-3-9-17(20)14-21(23(26)28)27-24(29)22-18-10-4-1-7-15(18)13-16-8-2-5-11-19(16)22/h1-13,21H,14H2,(H2,26,28)(H,27,29)/t21-/m0/s1. The average molecular weight is 403 g/mol. The molecule has 0 fully saturated rings. The lowest BCUT2D eigenvalue weighted by Crippen LogP contribution is -2.46. The fourth-order valence-corrected chi connectivity index (χ4v) is 3.81. The van der Waals surface area contributed by atoms with Crippen molar-refractivity contribution in [2.24, 2.45) is 5.73 Å². The van der Waals surface area contributed by atoms with E-state index in [1.54, 1.807) is 6.07 Å². The number of amides is 2. The van der Waals surface area contributed by atoms with Gasteiger partial charge in [-0.15, -0.1) is 0 Å². The number of fused-ring (bicyclic) bond motifs is 2. The minimum atomic E-state index is -0.875. The van der Waals surface area contributed by atoms with Crippen LogP contribution in [0.5, 0.6) is 0 Å². The largest absolute Gasteiger partial charge is 0.368 e. The van der Waals surface area contributed by atoms with E-state index in [9.17, 15) is 9.59 Å². The molecule has 0 saturated carbocycles. The monoisotopic (exact) mass is 402 g/mol. The van der Waals surface area contributed by atoms with E-state index >= 15 is 0 Å². The lowest BCUT2D eigenvalue weighted by molar-refractivity contribution is -0.119. The van der Waals surface area contributed by atoms with Gasteiger partial charge in [-0.25, -0.2) is 0 Å². The summed E-state index contributed by atoms with van der Waals surface area (Å²) in [4.78, 5) is 25.4. The Labute approximate surface area is 173 Å². The van der Waals surface area contributed by atoms with Gasteiger partial charge < -0.3 is 11.1 Å². The highest BCUT2D eigenvalue weighted by molar-refractivity contribution is 6.31. The minimum Gasteiger partial charge on any atom is -0.368 e. The van der Waals surface area contributed by atoms with Gasteiger partial charge in [0.05, 0.1) is 5.56 Å². The quantitative estimate of drug-likeness (QED) is 0.483. The number of rotatable bonds is 5. The number of benzene rings is 4. The number of halogens is 1. The molecule has 144 valence electrons. The number of primary amides is 1. The van der Waals surface area contributed by atoms with Crippen molar-refractivity contribution in [3.8, 4) is 0 Å². The summed E-state index contributed by atoms with van der Waals surface area (Å²) in [6.45, 7) is 0. The van der Waals surface area contributed by atoms with E-state index in [2.05, 4.69) is 11.4 Å². The van der Waals surface area contributed by atoms with Crippen molar-refractivity contribution in [2.75, 3.05) is 0 Å². The van der Waals surface area contributed by atoms with Crippen LogP contribution in [0.4, 0.5) is 0 Å².